The normalized spacial score (nSPS) is 20.0. The van der Waals surface area contributed by atoms with Crippen molar-refractivity contribution in [1.82, 2.24) is 14.8 Å². The van der Waals surface area contributed by atoms with Gasteiger partial charge in [0.2, 0.25) is 11.8 Å². The highest BCUT2D eigenvalue weighted by Crippen LogP contribution is 2.44. The third kappa shape index (κ3) is 3.59. The molecule has 0 spiro atoms. The highest BCUT2D eigenvalue weighted by Gasteiger charge is 2.48. The van der Waals surface area contributed by atoms with Gasteiger partial charge in [-0.25, -0.2) is 0 Å². The van der Waals surface area contributed by atoms with Gasteiger partial charge >= 0.3 is 0 Å². The van der Waals surface area contributed by atoms with Crippen molar-refractivity contribution < 1.29 is 19.1 Å². The maximum absolute atomic E-state index is 13.6. The number of H-pyrrole nitrogens is 1. The van der Waals surface area contributed by atoms with E-state index in [4.69, 9.17) is 9.47 Å². The van der Waals surface area contributed by atoms with Crippen LogP contribution in [-0.4, -0.2) is 59.4 Å². The quantitative estimate of drug-likeness (QED) is 0.604. The number of hydrogen-bond donors (Lipinski definition) is 1. The van der Waals surface area contributed by atoms with Gasteiger partial charge in [0.15, 0.2) is 11.5 Å². The summed E-state index contributed by atoms with van der Waals surface area (Å²) >= 11 is 0. The molecule has 3 aromatic rings. The Hall–Kier alpha value is -3.48. The molecule has 0 saturated carbocycles. The predicted octanol–water partition coefficient (Wildman–Crippen LogP) is 3.92. The molecule has 1 saturated heterocycles. The molecule has 2 aliphatic rings. The average molecular weight is 462 g/mol. The van der Waals surface area contributed by atoms with Crippen LogP contribution in [0.3, 0.4) is 0 Å². The number of para-hydroxylation sites is 1. The summed E-state index contributed by atoms with van der Waals surface area (Å²) in [6.07, 6.45) is 0.503. The molecule has 0 aliphatic carbocycles. The predicted molar refractivity (Wildman–Crippen MR) is 130 cm³/mol. The molecule has 3 heterocycles. The number of piperazine rings is 1. The molecular weight excluding hydrogens is 430 g/mol. The number of aromatic amines is 1. The number of carbonyl (C=O) groups is 2. The zero-order chi connectivity index (χ0) is 24.0. The summed E-state index contributed by atoms with van der Waals surface area (Å²) in [5.74, 6) is 1.54. The number of benzene rings is 2. The lowest BCUT2D eigenvalue weighted by molar-refractivity contribution is -0.159. The Labute approximate surface area is 199 Å². The van der Waals surface area contributed by atoms with Gasteiger partial charge in [0.25, 0.3) is 0 Å². The van der Waals surface area contributed by atoms with Gasteiger partial charge in [-0.3, -0.25) is 9.59 Å². The summed E-state index contributed by atoms with van der Waals surface area (Å²) in [5.41, 5.74) is 3.95. The number of carbonyl (C=O) groups excluding carboxylic acids is 2. The summed E-state index contributed by atoms with van der Waals surface area (Å²) in [5, 5.41) is 1.10. The molecule has 2 amide bonds. The Morgan fingerprint density at radius 1 is 1.12 bits per heavy atom. The monoisotopic (exact) mass is 461 g/mol. The van der Waals surface area contributed by atoms with Crippen molar-refractivity contribution in [3.63, 3.8) is 0 Å². The smallest absolute Gasteiger partial charge is 0.246 e. The first-order valence-corrected chi connectivity index (χ1v) is 11.9. The van der Waals surface area contributed by atoms with Crippen LogP contribution < -0.4 is 9.47 Å². The maximum atomic E-state index is 13.6. The van der Waals surface area contributed by atoms with Gasteiger partial charge in [-0.2, -0.15) is 0 Å². The van der Waals surface area contributed by atoms with Gasteiger partial charge in [-0.15, -0.1) is 0 Å². The number of aromatic nitrogens is 1. The van der Waals surface area contributed by atoms with E-state index in [0.717, 1.165) is 27.7 Å². The maximum Gasteiger partial charge on any atom is 0.246 e. The third-order valence-corrected chi connectivity index (χ3v) is 6.73. The van der Waals surface area contributed by atoms with Crippen molar-refractivity contribution in [3.05, 3.63) is 59.3 Å². The minimum atomic E-state index is -0.533. The van der Waals surface area contributed by atoms with E-state index in [1.165, 1.54) is 0 Å². The molecule has 1 fully saturated rings. The number of fused-ring (bicyclic) bond motifs is 4. The summed E-state index contributed by atoms with van der Waals surface area (Å²) in [6.45, 7) is 7.27. The molecule has 7 nitrogen and oxygen atoms in total. The van der Waals surface area contributed by atoms with Crippen LogP contribution in [0.25, 0.3) is 10.9 Å². The van der Waals surface area contributed by atoms with Crippen molar-refractivity contribution in [2.45, 2.75) is 39.3 Å². The van der Waals surface area contributed by atoms with Crippen LogP contribution in [0.4, 0.5) is 0 Å². The summed E-state index contributed by atoms with van der Waals surface area (Å²) in [4.78, 5) is 34.3. The van der Waals surface area contributed by atoms with E-state index in [9.17, 15) is 9.59 Å². The van der Waals surface area contributed by atoms with E-state index < -0.39 is 12.1 Å². The first kappa shape index (κ1) is 22.3. The number of ether oxygens (including phenoxy) is 2. The lowest BCUT2D eigenvalue weighted by Crippen LogP contribution is -2.63. The Bertz CT molecular complexity index is 1250. The fraction of sp³-hybridized carbons (Fsp3) is 0.407. The van der Waals surface area contributed by atoms with E-state index in [2.05, 4.69) is 24.9 Å². The Balaban J connectivity index is 1.67. The highest BCUT2D eigenvalue weighted by atomic mass is 16.5. The number of amides is 2. The number of nitrogens with zero attached hydrogens (tertiary/aromatic N) is 2. The van der Waals surface area contributed by atoms with Gasteiger partial charge < -0.3 is 24.3 Å². The van der Waals surface area contributed by atoms with Crippen molar-refractivity contribution >= 4 is 22.7 Å². The van der Waals surface area contributed by atoms with Crippen LogP contribution in [0.5, 0.6) is 11.5 Å². The van der Waals surface area contributed by atoms with Crippen molar-refractivity contribution in [1.29, 1.82) is 0 Å². The third-order valence-electron chi connectivity index (χ3n) is 6.73. The fourth-order valence-electron chi connectivity index (χ4n) is 5.39. The molecule has 1 N–H and O–H groups in total. The Morgan fingerprint density at radius 3 is 2.65 bits per heavy atom. The Morgan fingerprint density at radius 2 is 1.91 bits per heavy atom. The van der Waals surface area contributed by atoms with E-state index in [1.54, 1.807) is 16.9 Å². The van der Waals surface area contributed by atoms with Crippen LogP contribution in [0, 0.1) is 5.92 Å². The molecule has 7 heteroatoms. The van der Waals surface area contributed by atoms with E-state index in [0.29, 0.717) is 37.0 Å². The number of nitrogens with one attached hydrogen (secondary N) is 1. The molecule has 2 aromatic carbocycles. The lowest BCUT2D eigenvalue weighted by Gasteiger charge is -2.47. The molecule has 178 valence electrons. The van der Waals surface area contributed by atoms with Crippen molar-refractivity contribution in [2.75, 3.05) is 26.8 Å². The standard InChI is InChI=1S/C27H31N3O4/c1-5-34-22-11-10-17(12-23(22)33-4)26-25-19(18-8-6-7-9-20(18)28-25)13-21-27(32)29(14-16(2)3)15-24(31)30(21)26/h6-12,16,21,26,28H,5,13-15H2,1-4H3. The topological polar surface area (TPSA) is 74.9 Å². The van der Waals surface area contributed by atoms with Gasteiger partial charge in [-0.1, -0.05) is 38.1 Å². The summed E-state index contributed by atoms with van der Waals surface area (Å²) in [7, 11) is 1.61. The molecule has 34 heavy (non-hydrogen) atoms. The van der Waals surface area contributed by atoms with Crippen LogP contribution in [0.1, 0.15) is 43.6 Å². The second-order valence-corrected chi connectivity index (χ2v) is 9.44. The Kier molecular flexibility index (Phi) is 5.71. The minimum Gasteiger partial charge on any atom is -0.493 e. The zero-order valence-electron chi connectivity index (χ0n) is 20.1. The second-order valence-electron chi connectivity index (χ2n) is 9.44. The number of rotatable bonds is 6. The zero-order valence-corrected chi connectivity index (χ0v) is 20.1. The number of hydrogen-bond acceptors (Lipinski definition) is 4. The first-order valence-electron chi connectivity index (χ1n) is 11.9. The minimum absolute atomic E-state index is 0.0205. The van der Waals surface area contributed by atoms with Gasteiger partial charge in [0.05, 0.1) is 26.3 Å². The molecule has 0 bridgehead atoms. The summed E-state index contributed by atoms with van der Waals surface area (Å²) in [6, 6.07) is 12.9. The largest absolute Gasteiger partial charge is 0.493 e. The van der Waals surface area contributed by atoms with E-state index >= 15 is 0 Å². The van der Waals surface area contributed by atoms with Gasteiger partial charge in [-0.05, 0) is 42.2 Å². The van der Waals surface area contributed by atoms with Gasteiger partial charge in [0, 0.05) is 29.6 Å². The molecule has 2 atom stereocenters. The summed E-state index contributed by atoms with van der Waals surface area (Å²) < 4.78 is 11.3. The molecule has 5 rings (SSSR count). The van der Waals surface area contributed by atoms with Gasteiger partial charge in [0.1, 0.15) is 6.04 Å². The lowest BCUT2D eigenvalue weighted by atomic mass is 9.86. The molecule has 2 unspecified atom stereocenters. The molecule has 2 aliphatic heterocycles. The number of methoxy groups -OCH3 is 1. The van der Waals surface area contributed by atoms with Crippen molar-refractivity contribution in [2.24, 2.45) is 5.92 Å². The van der Waals surface area contributed by atoms with E-state index in [-0.39, 0.29) is 18.4 Å². The molecule has 1 aromatic heterocycles. The van der Waals surface area contributed by atoms with Crippen LogP contribution in [0.2, 0.25) is 0 Å². The van der Waals surface area contributed by atoms with E-state index in [1.807, 2.05) is 43.3 Å². The molecule has 0 radical (unpaired) electrons. The highest BCUT2D eigenvalue weighted by molar-refractivity contribution is 5.97. The first-order chi connectivity index (χ1) is 16.4. The van der Waals surface area contributed by atoms with Crippen LogP contribution in [0.15, 0.2) is 42.5 Å². The van der Waals surface area contributed by atoms with Crippen molar-refractivity contribution in [3.8, 4) is 11.5 Å². The fourth-order valence-corrected chi connectivity index (χ4v) is 5.39. The van der Waals surface area contributed by atoms with Crippen LogP contribution >= 0.6 is 0 Å². The second kappa shape index (κ2) is 8.70. The van der Waals surface area contributed by atoms with Crippen LogP contribution in [-0.2, 0) is 16.0 Å². The average Bonchev–Trinajstić information content (AvgIpc) is 3.19. The molecular formula is C27H31N3O4. The SMILES string of the molecule is CCOc1ccc(C2c3[nH]c4ccccc4c3CC3C(=O)N(CC(C)C)CC(=O)N32)cc1OC.